The predicted molar refractivity (Wildman–Crippen MR) is 133 cm³/mol. The summed E-state index contributed by atoms with van der Waals surface area (Å²) in [5.41, 5.74) is -4.92. The van der Waals surface area contributed by atoms with Crippen LogP contribution in [0.25, 0.3) is 0 Å². The van der Waals surface area contributed by atoms with E-state index in [0.29, 0.717) is 6.42 Å². The number of ether oxygens (including phenoxy) is 2. The second-order valence-electron chi connectivity index (χ2n) is 9.92. The van der Waals surface area contributed by atoms with Gasteiger partial charge in [-0.05, 0) is 52.2 Å². The Morgan fingerprint density at radius 3 is 2.47 bits per heavy atom. The molecule has 3 N–H and O–H groups in total. The van der Waals surface area contributed by atoms with Crippen molar-refractivity contribution in [1.29, 1.82) is 0 Å². The van der Waals surface area contributed by atoms with Crippen LogP contribution in [-0.4, -0.2) is 78.7 Å². The normalized spacial score (nSPS) is 34.0. The van der Waals surface area contributed by atoms with Gasteiger partial charge in [0.1, 0.15) is 23.0 Å². The van der Waals surface area contributed by atoms with E-state index in [1.807, 2.05) is 19.9 Å². The molecule has 36 heavy (non-hydrogen) atoms. The average Bonchev–Trinajstić information content (AvgIpc) is 3.49. The van der Waals surface area contributed by atoms with Gasteiger partial charge in [0.25, 0.3) is 0 Å². The Morgan fingerprint density at radius 1 is 1.28 bits per heavy atom. The van der Waals surface area contributed by atoms with Gasteiger partial charge in [-0.25, -0.2) is 8.42 Å². The number of rotatable bonds is 9. The van der Waals surface area contributed by atoms with E-state index >= 15 is 0 Å². The van der Waals surface area contributed by atoms with E-state index in [-0.39, 0.29) is 17.7 Å². The summed E-state index contributed by atoms with van der Waals surface area (Å²) in [6.45, 7) is 5.37. The van der Waals surface area contributed by atoms with Gasteiger partial charge in [0, 0.05) is 7.11 Å². The predicted octanol–water partition coefficient (Wildman–Crippen LogP) is 1.74. The SMILES string of the molecule is COC1C(O)CCC(O)(CS(=O)(=O)c2ccccc2)C1(C(=O)NC(=O)CCl)C1(C)OC1CC=C(C)C. The van der Waals surface area contributed by atoms with Crippen LogP contribution < -0.4 is 5.32 Å². The molecule has 6 unspecified atom stereocenters. The van der Waals surface area contributed by atoms with Gasteiger partial charge in [0.15, 0.2) is 9.84 Å². The number of methoxy groups -OCH3 is 1. The number of allylic oxidation sites excluding steroid dienone is 1. The lowest BCUT2D eigenvalue weighted by molar-refractivity contribution is -0.228. The third-order valence-corrected chi connectivity index (χ3v) is 9.44. The van der Waals surface area contributed by atoms with E-state index in [2.05, 4.69) is 5.32 Å². The highest BCUT2D eigenvalue weighted by Gasteiger charge is 2.81. The molecule has 6 atom stereocenters. The van der Waals surface area contributed by atoms with Crippen LogP contribution in [0.15, 0.2) is 46.9 Å². The number of benzene rings is 1. The molecule has 2 aliphatic rings. The molecule has 2 amide bonds. The first kappa shape index (κ1) is 28.7. The zero-order valence-corrected chi connectivity index (χ0v) is 22.4. The highest BCUT2D eigenvalue weighted by Crippen LogP contribution is 2.63. The molecule has 1 heterocycles. The number of epoxide rings is 1. The average molecular weight is 544 g/mol. The fourth-order valence-electron chi connectivity index (χ4n) is 5.63. The summed E-state index contributed by atoms with van der Waals surface area (Å²) in [6, 6.07) is 7.57. The summed E-state index contributed by atoms with van der Waals surface area (Å²) in [5, 5.41) is 25.4. The van der Waals surface area contributed by atoms with Gasteiger partial charge in [-0.2, -0.15) is 0 Å². The Hall–Kier alpha value is -1.82. The molecule has 0 bridgehead atoms. The summed E-state index contributed by atoms with van der Waals surface area (Å²) < 4.78 is 38.6. The van der Waals surface area contributed by atoms with Crippen LogP contribution in [0.2, 0.25) is 0 Å². The van der Waals surface area contributed by atoms with Crippen molar-refractivity contribution in [3.05, 3.63) is 42.0 Å². The lowest BCUT2D eigenvalue weighted by Gasteiger charge is -2.56. The minimum atomic E-state index is -4.13. The van der Waals surface area contributed by atoms with Crippen molar-refractivity contribution in [3.63, 3.8) is 0 Å². The second kappa shape index (κ2) is 10.5. The first-order valence-corrected chi connectivity index (χ1v) is 13.9. The molecule has 9 nitrogen and oxygen atoms in total. The zero-order chi connectivity index (χ0) is 26.9. The minimum absolute atomic E-state index is 0.0346. The Morgan fingerprint density at radius 2 is 1.92 bits per heavy atom. The number of aliphatic hydroxyl groups excluding tert-OH is 1. The molecule has 1 aliphatic heterocycles. The summed E-state index contributed by atoms with van der Waals surface area (Å²) >= 11 is 5.64. The van der Waals surface area contributed by atoms with E-state index in [1.165, 1.54) is 19.2 Å². The van der Waals surface area contributed by atoms with Crippen molar-refractivity contribution in [2.45, 2.75) is 74.4 Å². The molecule has 1 aliphatic carbocycles. The first-order valence-electron chi connectivity index (χ1n) is 11.7. The standard InChI is InChI=1S/C25H34ClNO8S/c1-16(2)10-11-19-23(3,35-19)25(22(30)27-20(29)14-26)21(34-4)18(28)12-13-24(25,31)15-36(32,33)17-8-6-5-7-9-17/h5-10,18-19,21,28,31H,11-15H2,1-4H3,(H,27,29,30). The number of hydrogen-bond donors (Lipinski definition) is 3. The van der Waals surface area contributed by atoms with E-state index in [4.69, 9.17) is 21.1 Å². The maximum absolute atomic E-state index is 14.0. The van der Waals surface area contributed by atoms with E-state index in [1.54, 1.807) is 25.1 Å². The number of carbonyl (C=O) groups is 2. The molecular weight excluding hydrogens is 510 g/mol. The molecular formula is C25H34ClNO8S. The Kier molecular flexibility index (Phi) is 8.39. The highest BCUT2D eigenvalue weighted by molar-refractivity contribution is 7.91. The first-order chi connectivity index (χ1) is 16.8. The van der Waals surface area contributed by atoms with Crippen molar-refractivity contribution in [2.24, 2.45) is 5.41 Å². The quantitative estimate of drug-likeness (QED) is 0.243. The van der Waals surface area contributed by atoms with Crippen LogP contribution in [0.4, 0.5) is 0 Å². The van der Waals surface area contributed by atoms with Gasteiger partial charge in [-0.15, -0.1) is 11.6 Å². The largest absolute Gasteiger partial charge is 0.390 e. The molecule has 0 radical (unpaired) electrons. The summed E-state index contributed by atoms with van der Waals surface area (Å²) in [5.74, 6) is -3.24. The zero-order valence-electron chi connectivity index (χ0n) is 20.9. The van der Waals surface area contributed by atoms with Gasteiger partial charge in [0.2, 0.25) is 11.8 Å². The van der Waals surface area contributed by atoms with Crippen LogP contribution in [0.1, 0.15) is 40.0 Å². The van der Waals surface area contributed by atoms with Crippen LogP contribution in [0.5, 0.6) is 0 Å². The topological polar surface area (TPSA) is 143 Å². The molecule has 0 aromatic heterocycles. The Labute approximate surface area is 216 Å². The monoisotopic (exact) mass is 543 g/mol. The van der Waals surface area contributed by atoms with E-state index < -0.39 is 68.2 Å². The fourth-order valence-corrected chi connectivity index (χ4v) is 7.43. The lowest BCUT2D eigenvalue weighted by atomic mass is 9.53. The number of hydrogen-bond acceptors (Lipinski definition) is 8. The van der Waals surface area contributed by atoms with Crippen LogP contribution in [0.3, 0.4) is 0 Å². The summed E-state index contributed by atoms with van der Waals surface area (Å²) in [4.78, 5) is 26.2. The van der Waals surface area contributed by atoms with Crippen molar-refractivity contribution < 1.29 is 37.7 Å². The van der Waals surface area contributed by atoms with Crippen molar-refractivity contribution in [1.82, 2.24) is 5.32 Å². The number of sulfone groups is 1. The molecule has 2 fully saturated rings. The third kappa shape index (κ3) is 4.87. The van der Waals surface area contributed by atoms with Crippen molar-refractivity contribution >= 4 is 33.3 Å². The number of imide groups is 1. The molecule has 11 heteroatoms. The number of nitrogens with one attached hydrogen (secondary N) is 1. The molecule has 1 saturated carbocycles. The molecule has 0 spiro atoms. The summed E-state index contributed by atoms with van der Waals surface area (Å²) in [7, 11) is -2.87. The maximum Gasteiger partial charge on any atom is 0.241 e. The highest BCUT2D eigenvalue weighted by atomic mass is 35.5. The smallest absolute Gasteiger partial charge is 0.241 e. The fraction of sp³-hybridized carbons (Fsp3) is 0.600. The molecule has 200 valence electrons. The van der Waals surface area contributed by atoms with E-state index in [9.17, 15) is 28.2 Å². The van der Waals surface area contributed by atoms with Crippen LogP contribution >= 0.6 is 11.6 Å². The molecule has 1 saturated heterocycles. The second-order valence-corrected chi connectivity index (χ2v) is 12.2. The third-order valence-electron chi connectivity index (χ3n) is 7.35. The minimum Gasteiger partial charge on any atom is -0.390 e. The van der Waals surface area contributed by atoms with Gasteiger partial charge >= 0.3 is 0 Å². The van der Waals surface area contributed by atoms with Gasteiger partial charge in [-0.3, -0.25) is 14.9 Å². The van der Waals surface area contributed by atoms with Crippen molar-refractivity contribution in [3.8, 4) is 0 Å². The Balaban J connectivity index is 2.23. The number of carbonyl (C=O) groups excluding carboxylic acids is 2. The van der Waals surface area contributed by atoms with E-state index in [0.717, 1.165) is 5.57 Å². The Bertz CT molecular complexity index is 1120. The number of alkyl halides is 1. The van der Waals surface area contributed by atoms with Crippen molar-refractivity contribution in [2.75, 3.05) is 18.7 Å². The van der Waals surface area contributed by atoms with Crippen LogP contribution in [-0.2, 0) is 28.9 Å². The summed E-state index contributed by atoms with van der Waals surface area (Å²) in [6.07, 6.45) is -1.26. The lowest BCUT2D eigenvalue weighted by Crippen LogP contribution is -2.76. The van der Waals surface area contributed by atoms with Gasteiger partial charge in [0.05, 0.1) is 28.5 Å². The number of aliphatic hydroxyl groups is 2. The molecule has 1 aromatic carbocycles. The molecule has 1 aromatic rings. The number of halogens is 1. The van der Waals surface area contributed by atoms with Gasteiger partial charge in [-0.1, -0.05) is 29.8 Å². The van der Waals surface area contributed by atoms with Gasteiger partial charge < -0.3 is 19.7 Å². The number of amides is 2. The maximum atomic E-state index is 14.0. The van der Waals surface area contributed by atoms with Crippen LogP contribution in [0, 0.1) is 5.41 Å². The molecule has 3 rings (SSSR count).